The molecule has 0 aromatic heterocycles. The van der Waals surface area contributed by atoms with E-state index in [1.165, 1.54) is 11.8 Å². The quantitative estimate of drug-likeness (QED) is 0.719. The van der Waals surface area contributed by atoms with Gasteiger partial charge in [-0.15, -0.1) is 11.8 Å². The van der Waals surface area contributed by atoms with Crippen molar-refractivity contribution in [2.24, 2.45) is 5.73 Å². The van der Waals surface area contributed by atoms with E-state index in [0.717, 1.165) is 10.5 Å². The molecule has 0 aliphatic carbocycles. The second kappa shape index (κ2) is 8.97. The predicted octanol–water partition coefficient (Wildman–Crippen LogP) is 3.54. The highest BCUT2D eigenvalue weighted by Gasteiger charge is 2.07. The Labute approximate surface area is 154 Å². The van der Waals surface area contributed by atoms with Gasteiger partial charge in [0.05, 0.1) is 10.8 Å². The average molecular weight is 383 g/mol. The molecule has 0 bridgehead atoms. The van der Waals surface area contributed by atoms with Crippen LogP contribution in [0.25, 0.3) is 0 Å². The molecular formula is C17H16Cl2N2O2S. The van der Waals surface area contributed by atoms with Gasteiger partial charge in [-0.05, 0) is 42.3 Å². The highest BCUT2D eigenvalue weighted by atomic mass is 35.5. The van der Waals surface area contributed by atoms with Gasteiger partial charge in [0, 0.05) is 22.0 Å². The van der Waals surface area contributed by atoms with Gasteiger partial charge in [0.25, 0.3) is 0 Å². The van der Waals surface area contributed by atoms with Crippen molar-refractivity contribution in [1.82, 2.24) is 5.32 Å². The Morgan fingerprint density at radius 2 is 1.92 bits per heavy atom. The summed E-state index contributed by atoms with van der Waals surface area (Å²) in [7, 11) is 0. The lowest BCUT2D eigenvalue weighted by Crippen LogP contribution is -2.27. The van der Waals surface area contributed by atoms with Gasteiger partial charge in [-0.25, -0.2) is 0 Å². The molecule has 24 heavy (non-hydrogen) atoms. The first kappa shape index (κ1) is 18.6. The first-order valence-corrected chi connectivity index (χ1v) is 8.93. The largest absolute Gasteiger partial charge is 0.366 e. The third kappa shape index (κ3) is 5.74. The van der Waals surface area contributed by atoms with E-state index in [0.29, 0.717) is 28.6 Å². The van der Waals surface area contributed by atoms with E-state index in [2.05, 4.69) is 5.32 Å². The van der Waals surface area contributed by atoms with Crippen molar-refractivity contribution in [2.45, 2.75) is 11.3 Å². The molecule has 0 atom stereocenters. The molecule has 2 aromatic rings. The summed E-state index contributed by atoms with van der Waals surface area (Å²) in [6.07, 6.45) is 0.620. The van der Waals surface area contributed by atoms with Crippen LogP contribution in [0.2, 0.25) is 10.0 Å². The van der Waals surface area contributed by atoms with Crippen molar-refractivity contribution in [3.63, 3.8) is 0 Å². The van der Waals surface area contributed by atoms with Crippen LogP contribution >= 0.6 is 35.0 Å². The van der Waals surface area contributed by atoms with Crippen LogP contribution in [0.15, 0.2) is 47.4 Å². The lowest BCUT2D eigenvalue weighted by Gasteiger charge is -2.07. The summed E-state index contributed by atoms with van der Waals surface area (Å²) in [4.78, 5) is 23.8. The fraction of sp³-hybridized carbons (Fsp3) is 0.176. The molecule has 2 amide bonds. The predicted molar refractivity (Wildman–Crippen MR) is 98.9 cm³/mol. The summed E-state index contributed by atoms with van der Waals surface area (Å²) in [5.74, 6) is -0.306. The lowest BCUT2D eigenvalue weighted by atomic mass is 10.1. The second-order valence-electron chi connectivity index (χ2n) is 5.03. The maximum absolute atomic E-state index is 11.9. The van der Waals surface area contributed by atoms with Crippen molar-refractivity contribution >= 4 is 46.8 Å². The van der Waals surface area contributed by atoms with Crippen molar-refractivity contribution in [3.05, 3.63) is 63.6 Å². The van der Waals surface area contributed by atoms with E-state index in [4.69, 9.17) is 28.9 Å². The first-order valence-electron chi connectivity index (χ1n) is 7.19. The highest BCUT2D eigenvalue weighted by molar-refractivity contribution is 8.00. The van der Waals surface area contributed by atoms with Gasteiger partial charge in [0.15, 0.2) is 0 Å². The van der Waals surface area contributed by atoms with Gasteiger partial charge in [0.1, 0.15) is 0 Å². The molecule has 0 aliphatic rings. The Hall–Kier alpha value is -1.69. The molecule has 0 fully saturated rings. The topological polar surface area (TPSA) is 72.2 Å². The molecule has 0 radical (unpaired) electrons. The molecule has 7 heteroatoms. The van der Waals surface area contributed by atoms with Gasteiger partial charge >= 0.3 is 0 Å². The number of amides is 2. The summed E-state index contributed by atoms with van der Waals surface area (Å²) >= 11 is 13.3. The monoisotopic (exact) mass is 382 g/mol. The van der Waals surface area contributed by atoms with Gasteiger partial charge in [-0.3, -0.25) is 9.59 Å². The van der Waals surface area contributed by atoms with E-state index in [1.807, 2.05) is 6.07 Å². The SMILES string of the molecule is NC(=O)c1cccc(CCNC(=O)CSc2cc(Cl)ccc2Cl)c1. The summed E-state index contributed by atoms with van der Waals surface area (Å²) in [5, 5.41) is 3.98. The third-order valence-corrected chi connectivity index (χ3v) is 4.93. The Morgan fingerprint density at radius 1 is 1.12 bits per heavy atom. The zero-order valence-electron chi connectivity index (χ0n) is 12.7. The molecule has 2 aromatic carbocycles. The number of carbonyl (C=O) groups is 2. The standard InChI is InChI=1S/C17H16Cl2N2O2S/c18-13-4-5-14(19)15(9-13)24-10-16(22)21-7-6-11-2-1-3-12(8-11)17(20)23/h1-5,8-9H,6-7,10H2,(H2,20,23)(H,21,22). The molecule has 0 saturated carbocycles. The van der Waals surface area contributed by atoms with Crippen molar-refractivity contribution in [2.75, 3.05) is 12.3 Å². The maximum atomic E-state index is 11.9. The van der Waals surface area contributed by atoms with Gasteiger partial charge in [-0.2, -0.15) is 0 Å². The number of thioether (sulfide) groups is 1. The van der Waals surface area contributed by atoms with Gasteiger partial charge in [0.2, 0.25) is 11.8 Å². The minimum atomic E-state index is -0.462. The van der Waals surface area contributed by atoms with Crippen LogP contribution in [0.3, 0.4) is 0 Å². The average Bonchev–Trinajstić information content (AvgIpc) is 2.56. The molecule has 3 N–H and O–H groups in total. The van der Waals surface area contributed by atoms with Crippen LogP contribution in [-0.4, -0.2) is 24.1 Å². The molecule has 2 rings (SSSR count). The van der Waals surface area contributed by atoms with E-state index in [9.17, 15) is 9.59 Å². The zero-order valence-corrected chi connectivity index (χ0v) is 15.0. The van der Waals surface area contributed by atoms with Crippen molar-refractivity contribution in [1.29, 1.82) is 0 Å². The van der Waals surface area contributed by atoms with E-state index >= 15 is 0 Å². The fourth-order valence-electron chi connectivity index (χ4n) is 2.01. The molecule has 0 spiro atoms. The van der Waals surface area contributed by atoms with E-state index in [-0.39, 0.29) is 11.7 Å². The Kier molecular flexibility index (Phi) is 6.97. The number of nitrogens with two attached hydrogens (primary N) is 1. The van der Waals surface area contributed by atoms with Crippen LogP contribution in [0.5, 0.6) is 0 Å². The second-order valence-corrected chi connectivity index (χ2v) is 6.89. The zero-order chi connectivity index (χ0) is 17.5. The fourth-order valence-corrected chi connectivity index (χ4v) is 3.33. The number of nitrogens with one attached hydrogen (secondary N) is 1. The summed E-state index contributed by atoms with van der Waals surface area (Å²) < 4.78 is 0. The Morgan fingerprint density at radius 3 is 2.67 bits per heavy atom. The van der Waals surface area contributed by atoms with Crippen LogP contribution < -0.4 is 11.1 Å². The first-order chi connectivity index (χ1) is 11.5. The van der Waals surface area contributed by atoms with Crippen molar-refractivity contribution < 1.29 is 9.59 Å². The molecule has 126 valence electrons. The van der Waals surface area contributed by atoms with Gasteiger partial charge < -0.3 is 11.1 Å². The van der Waals surface area contributed by atoms with Crippen LogP contribution in [-0.2, 0) is 11.2 Å². The number of carbonyl (C=O) groups excluding carboxylic acids is 2. The van der Waals surface area contributed by atoms with E-state index in [1.54, 1.807) is 36.4 Å². The minimum Gasteiger partial charge on any atom is -0.366 e. The summed E-state index contributed by atoms with van der Waals surface area (Å²) in [6.45, 7) is 0.477. The van der Waals surface area contributed by atoms with Gasteiger partial charge in [-0.1, -0.05) is 35.3 Å². The maximum Gasteiger partial charge on any atom is 0.248 e. The summed E-state index contributed by atoms with van der Waals surface area (Å²) in [5.41, 5.74) is 6.65. The summed E-state index contributed by atoms with van der Waals surface area (Å²) in [6, 6.07) is 12.2. The van der Waals surface area contributed by atoms with Crippen LogP contribution in [0.4, 0.5) is 0 Å². The number of hydrogen-bond acceptors (Lipinski definition) is 3. The smallest absolute Gasteiger partial charge is 0.248 e. The molecule has 0 heterocycles. The molecule has 0 saturated heterocycles. The molecule has 0 aliphatic heterocycles. The minimum absolute atomic E-state index is 0.0953. The van der Waals surface area contributed by atoms with Crippen LogP contribution in [0.1, 0.15) is 15.9 Å². The Balaban J connectivity index is 1.78. The normalized spacial score (nSPS) is 10.4. The highest BCUT2D eigenvalue weighted by Crippen LogP contribution is 2.29. The number of halogens is 2. The molecule has 0 unspecified atom stereocenters. The molecule has 4 nitrogen and oxygen atoms in total. The third-order valence-electron chi connectivity index (χ3n) is 3.20. The lowest BCUT2D eigenvalue weighted by molar-refractivity contribution is -0.118. The van der Waals surface area contributed by atoms with Crippen LogP contribution in [0, 0.1) is 0 Å². The number of primary amides is 1. The number of hydrogen-bond donors (Lipinski definition) is 2. The Bertz CT molecular complexity index is 753. The number of benzene rings is 2. The van der Waals surface area contributed by atoms with Crippen molar-refractivity contribution in [3.8, 4) is 0 Å². The van der Waals surface area contributed by atoms with E-state index < -0.39 is 5.91 Å². The molecular weight excluding hydrogens is 367 g/mol. The number of rotatable bonds is 7.